The van der Waals surface area contributed by atoms with Gasteiger partial charge in [0.1, 0.15) is 11.5 Å². The largest absolute Gasteiger partial charge is 0.497 e. The number of hydrogen-bond donors (Lipinski definition) is 0. The van der Waals surface area contributed by atoms with E-state index in [1.54, 1.807) is 32.4 Å². The fraction of sp³-hybridized carbons (Fsp3) is 0.462. The minimum Gasteiger partial charge on any atom is -0.497 e. The monoisotopic (exact) mass is 220 g/mol. The Kier molecular flexibility index (Phi) is 3.13. The van der Waals surface area contributed by atoms with Gasteiger partial charge in [0.2, 0.25) is 0 Å². The van der Waals surface area contributed by atoms with Crippen LogP contribution in [0.5, 0.6) is 11.5 Å². The zero-order valence-corrected chi connectivity index (χ0v) is 9.66. The molecule has 2 rings (SSSR count). The van der Waals surface area contributed by atoms with Crippen LogP contribution >= 0.6 is 0 Å². The molecular formula is C13H16O3. The second-order valence-electron chi connectivity index (χ2n) is 4.14. The van der Waals surface area contributed by atoms with Crippen molar-refractivity contribution in [2.75, 3.05) is 14.2 Å². The highest BCUT2D eigenvalue weighted by atomic mass is 16.5. The van der Waals surface area contributed by atoms with Crippen LogP contribution in [0.1, 0.15) is 29.6 Å². The van der Waals surface area contributed by atoms with Crippen molar-refractivity contribution in [1.82, 2.24) is 0 Å². The van der Waals surface area contributed by atoms with Crippen molar-refractivity contribution in [1.29, 1.82) is 0 Å². The lowest BCUT2D eigenvalue weighted by Gasteiger charge is -2.09. The van der Waals surface area contributed by atoms with Gasteiger partial charge in [0.25, 0.3) is 0 Å². The highest BCUT2D eigenvalue weighted by molar-refractivity contribution is 5.99. The zero-order chi connectivity index (χ0) is 11.5. The van der Waals surface area contributed by atoms with Crippen LogP contribution in [0.2, 0.25) is 0 Å². The van der Waals surface area contributed by atoms with E-state index in [-0.39, 0.29) is 5.78 Å². The molecule has 1 saturated carbocycles. The number of Topliss-reactive ketones (excluding diaryl/α,β-unsaturated/α-hetero) is 1. The first-order valence-corrected chi connectivity index (χ1v) is 5.50. The van der Waals surface area contributed by atoms with Gasteiger partial charge < -0.3 is 9.47 Å². The van der Waals surface area contributed by atoms with Crippen LogP contribution in [0.3, 0.4) is 0 Å². The third kappa shape index (κ3) is 2.35. The third-order valence-electron chi connectivity index (χ3n) is 2.88. The number of methoxy groups -OCH3 is 2. The molecule has 0 bridgehead atoms. The predicted molar refractivity (Wildman–Crippen MR) is 61.2 cm³/mol. The summed E-state index contributed by atoms with van der Waals surface area (Å²) in [5.41, 5.74) is 0.662. The van der Waals surface area contributed by atoms with Crippen LogP contribution in [0.25, 0.3) is 0 Å². The van der Waals surface area contributed by atoms with E-state index < -0.39 is 0 Å². The molecule has 1 aromatic carbocycles. The van der Waals surface area contributed by atoms with E-state index in [9.17, 15) is 4.79 Å². The van der Waals surface area contributed by atoms with Gasteiger partial charge in [0.15, 0.2) is 5.78 Å². The molecule has 0 unspecified atom stereocenters. The molecule has 0 amide bonds. The van der Waals surface area contributed by atoms with Crippen molar-refractivity contribution in [2.24, 2.45) is 5.92 Å². The smallest absolute Gasteiger partial charge is 0.166 e. The molecule has 1 aromatic rings. The Labute approximate surface area is 95.4 Å². The Hall–Kier alpha value is -1.51. The van der Waals surface area contributed by atoms with Crippen molar-refractivity contribution in [2.45, 2.75) is 19.3 Å². The number of rotatable bonds is 5. The summed E-state index contributed by atoms with van der Waals surface area (Å²) in [5.74, 6) is 2.08. The molecular weight excluding hydrogens is 204 g/mol. The van der Waals surface area contributed by atoms with Gasteiger partial charge in [-0.25, -0.2) is 0 Å². The van der Waals surface area contributed by atoms with Crippen molar-refractivity contribution < 1.29 is 14.3 Å². The summed E-state index contributed by atoms with van der Waals surface area (Å²) in [6.45, 7) is 0. The minimum absolute atomic E-state index is 0.169. The SMILES string of the molecule is COc1ccc(C(=O)CC2CC2)c(OC)c1. The molecule has 0 atom stereocenters. The third-order valence-corrected chi connectivity index (χ3v) is 2.88. The van der Waals surface area contributed by atoms with Gasteiger partial charge in [0, 0.05) is 12.5 Å². The number of ketones is 1. The van der Waals surface area contributed by atoms with Crippen LogP contribution < -0.4 is 9.47 Å². The van der Waals surface area contributed by atoms with Gasteiger partial charge in [-0.2, -0.15) is 0 Å². The van der Waals surface area contributed by atoms with Crippen LogP contribution in [0, 0.1) is 5.92 Å². The van der Waals surface area contributed by atoms with Crippen LogP contribution in [-0.2, 0) is 0 Å². The fourth-order valence-corrected chi connectivity index (χ4v) is 1.72. The Morgan fingerprint density at radius 2 is 2.06 bits per heavy atom. The molecule has 3 nitrogen and oxygen atoms in total. The Morgan fingerprint density at radius 3 is 2.62 bits per heavy atom. The van der Waals surface area contributed by atoms with Crippen molar-refractivity contribution in [3.8, 4) is 11.5 Å². The molecule has 1 aliphatic carbocycles. The summed E-state index contributed by atoms with van der Waals surface area (Å²) in [4.78, 5) is 12.0. The highest BCUT2D eigenvalue weighted by Crippen LogP contribution is 2.35. The number of hydrogen-bond acceptors (Lipinski definition) is 3. The van der Waals surface area contributed by atoms with Crippen LogP contribution in [0.4, 0.5) is 0 Å². The molecule has 0 heterocycles. The average molecular weight is 220 g/mol. The van der Waals surface area contributed by atoms with E-state index in [1.807, 2.05) is 0 Å². The Morgan fingerprint density at radius 1 is 1.31 bits per heavy atom. The number of carbonyl (C=O) groups is 1. The lowest BCUT2D eigenvalue weighted by molar-refractivity contribution is 0.0973. The standard InChI is InChI=1S/C13H16O3/c1-15-10-5-6-11(13(8-10)16-2)12(14)7-9-3-4-9/h5-6,8-9H,3-4,7H2,1-2H3. The van der Waals surface area contributed by atoms with Gasteiger partial charge in [-0.15, -0.1) is 0 Å². The lowest BCUT2D eigenvalue weighted by Crippen LogP contribution is -2.03. The van der Waals surface area contributed by atoms with E-state index in [0.717, 1.165) is 0 Å². The first-order valence-electron chi connectivity index (χ1n) is 5.50. The summed E-state index contributed by atoms with van der Waals surface area (Å²) in [7, 11) is 3.17. The van der Waals surface area contributed by atoms with E-state index in [2.05, 4.69) is 0 Å². The van der Waals surface area contributed by atoms with E-state index in [0.29, 0.717) is 29.4 Å². The van der Waals surface area contributed by atoms with Crippen molar-refractivity contribution in [3.63, 3.8) is 0 Å². The van der Waals surface area contributed by atoms with E-state index in [4.69, 9.17) is 9.47 Å². The maximum Gasteiger partial charge on any atom is 0.166 e. The molecule has 0 spiro atoms. The quantitative estimate of drug-likeness (QED) is 0.716. The Bertz CT molecular complexity index is 394. The van der Waals surface area contributed by atoms with Gasteiger partial charge in [-0.1, -0.05) is 0 Å². The minimum atomic E-state index is 0.169. The lowest BCUT2D eigenvalue weighted by atomic mass is 10.0. The molecule has 16 heavy (non-hydrogen) atoms. The summed E-state index contributed by atoms with van der Waals surface area (Å²) in [6.07, 6.45) is 3.01. The van der Waals surface area contributed by atoms with E-state index >= 15 is 0 Å². The van der Waals surface area contributed by atoms with Gasteiger partial charge in [-0.3, -0.25) is 4.79 Å². The number of benzene rings is 1. The molecule has 0 N–H and O–H groups in total. The zero-order valence-electron chi connectivity index (χ0n) is 9.66. The summed E-state index contributed by atoms with van der Waals surface area (Å²) >= 11 is 0. The molecule has 0 aromatic heterocycles. The maximum atomic E-state index is 12.0. The number of carbonyl (C=O) groups excluding carboxylic acids is 1. The summed E-state index contributed by atoms with van der Waals surface area (Å²) in [6, 6.07) is 5.32. The Balaban J connectivity index is 2.20. The highest BCUT2D eigenvalue weighted by Gasteiger charge is 2.26. The molecule has 86 valence electrons. The first-order chi connectivity index (χ1) is 7.74. The molecule has 3 heteroatoms. The van der Waals surface area contributed by atoms with Crippen molar-refractivity contribution in [3.05, 3.63) is 23.8 Å². The van der Waals surface area contributed by atoms with Crippen molar-refractivity contribution >= 4 is 5.78 Å². The maximum absolute atomic E-state index is 12.0. The van der Waals surface area contributed by atoms with Gasteiger partial charge in [0.05, 0.1) is 19.8 Å². The van der Waals surface area contributed by atoms with E-state index in [1.165, 1.54) is 12.8 Å². The van der Waals surface area contributed by atoms with Crippen LogP contribution in [0.15, 0.2) is 18.2 Å². The number of ether oxygens (including phenoxy) is 2. The van der Waals surface area contributed by atoms with Crippen LogP contribution in [-0.4, -0.2) is 20.0 Å². The molecule has 0 aliphatic heterocycles. The first kappa shape index (κ1) is 11.0. The normalized spacial score (nSPS) is 14.6. The van der Waals surface area contributed by atoms with Gasteiger partial charge in [-0.05, 0) is 30.9 Å². The topological polar surface area (TPSA) is 35.5 Å². The second-order valence-corrected chi connectivity index (χ2v) is 4.14. The average Bonchev–Trinajstić information content (AvgIpc) is 3.11. The molecule has 0 radical (unpaired) electrons. The fourth-order valence-electron chi connectivity index (χ4n) is 1.72. The summed E-state index contributed by atoms with van der Waals surface area (Å²) in [5, 5.41) is 0. The molecule has 0 saturated heterocycles. The van der Waals surface area contributed by atoms with Gasteiger partial charge >= 0.3 is 0 Å². The summed E-state index contributed by atoms with van der Waals surface area (Å²) < 4.78 is 10.3. The molecule has 1 fully saturated rings. The predicted octanol–water partition coefficient (Wildman–Crippen LogP) is 2.69. The second kappa shape index (κ2) is 4.56. The molecule has 1 aliphatic rings.